The van der Waals surface area contributed by atoms with Gasteiger partial charge in [0, 0.05) is 9.75 Å². The maximum atomic E-state index is 3.19. The minimum absolute atomic E-state index is 1.16. The van der Waals surface area contributed by atoms with Crippen LogP contribution >= 0.6 is 11.3 Å². The van der Waals surface area contributed by atoms with Crippen LogP contribution in [0.1, 0.15) is 41.0 Å². The Morgan fingerprint density at radius 3 is 2.47 bits per heavy atom. The third kappa shape index (κ3) is 4.80. The lowest BCUT2D eigenvalue weighted by atomic mass is 10.1. The van der Waals surface area contributed by atoms with E-state index in [9.17, 15) is 0 Å². The quantitative estimate of drug-likeness (QED) is 0.698. The van der Waals surface area contributed by atoms with E-state index in [-0.39, 0.29) is 0 Å². The fourth-order valence-electron chi connectivity index (χ4n) is 1.90. The zero-order valence-corrected chi connectivity index (χ0v) is 11.0. The van der Waals surface area contributed by atoms with E-state index in [1.54, 1.807) is 5.56 Å². The van der Waals surface area contributed by atoms with Crippen molar-refractivity contribution in [3.05, 3.63) is 21.4 Å². The molecule has 0 aliphatic rings. The van der Waals surface area contributed by atoms with E-state index in [0.29, 0.717) is 0 Å². The number of thiophene rings is 1. The molecule has 1 heterocycles. The molecule has 1 nitrogen and oxygen atoms in total. The summed E-state index contributed by atoms with van der Waals surface area (Å²) in [6, 6.07) is 2.35. The minimum Gasteiger partial charge on any atom is -0.320 e. The zero-order valence-electron chi connectivity index (χ0n) is 10.2. The van der Waals surface area contributed by atoms with Crippen LogP contribution in [0.5, 0.6) is 0 Å². The number of unbranched alkanes of at least 4 members (excludes halogenated alkanes) is 3. The average Bonchev–Trinajstić information content (AvgIpc) is 2.51. The second-order valence-corrected chi connectivity index (χ2v) is 5.67. The summed E-state index contributed by atoms with van der Waals surface area (Å²) in [6.07, 6.45) is 6.67. The summed E-state index contributed by atoms with van der Waals surface area (Å²) in [4.78, 5) is 2.97. The largest absolute Gasteiger partial charge is 0.320 e. The Kier molecular flexibility index (Phi) is 5.96. The summed E-state index contributed by atoms with van der Waals surface area (Å²) in [6.45, 7) is 5.61. The number of nitrogens with one attached hydrogen (secondary N) is 1. The van der Waals surface area contributed by atoms with E-state index in [2.05, 4.69) is 25.2 Å². The normalized spacial score (nSPS) is 10.9. The van der Waals surface area contributed by atoms with Crippen molar-refractivity contribution in [1.29, 1.82) is 0 Å². The van der Waals surface area contributed by atoms with Crippen molar-refractivity contribution in [2.45, 2.75) is 46.0 Å². The number of hydrogen-bond acceptors (Lipinski definition) is 2. The van der Waals surface area contributed by atoms with Crippen LogP contribution in [0.25, 0.3) is 0 Å². The van der Waals surface area contributed by atoms with E-state index in [0.717, 1.165) is 6.54 Å². The molecule has 1 aromatic heterocycles. The van der Waals surface area contributed by atoms with Crippen molar-refractivity contribution in [2.24, 2.45) is 0 Å². The molecular formula is C13H23NS. The molecule has 1 rings (SSSR count). The summed E-state index contributed by atoms with van der Waals surface area (Å²) in [5.41, 5.74) is 1.58. The van der Waals surface area contributed by atoms with Gasteiger partial charge in [-0.1, -0.05) is 12.8 Å². The van der Waals surface area contributed by atoms with Crippen molar-refractivity contribution < 1.29 is 0 Å². The van der Waals surface area contributed by atoms with Crippen molar-refractivity contribution >= 4 is 11.3 Å². The smallest absolute Gasteiger partial charge is 0.00490 e. The molecular weight excluding hydrogens is 202 g/mol. The molecule has 0 fully saturated rings. The van der Waals surface area contributed by atoms with Gasteiger partial charge in [-0.2, -0.15) is 0 Å². The minimum atomic E-state index is 1.16. The van der Waals surface area contributed by atoms with Crippen LogP contribution in [0.2, 0.25) is 0 Å². The molecule has 0 saturated heterocycles. The highest BCUT2D eigenvalue weighted by atomic mass is 32.1. The molecule has 0 spiro atoms. The Morgan fingerprint density at radius 2 is 1.87 bits per heavy atom. The fourth-order valence-corrected chi connectivity index (χ4v) is 2.88. The highest BCUT2D eigenvalue weighted by Crippen LogP contribution is 2.22. The van der Waals surface area contributed by atoms with Crippen LogP contribution in [-0.4, -0.2) is 13.6 Å². The zero-order chi connectivity index (χ0) is 11.1. The maximum absolute atomic E-state index is 3.19. The van der Waals surface area contributed by atoms with E-state index < -0.39 is 0 Å². The molecule has 1 N–H and O–H groups in total. The monoisotopic (exact) mass is 225 g/mol. The van der Waals surface area contributed by atoms with Gasteiger partial charge >= 0.3 is 0 Å². The Labute approximate surface area is 97.9 Å². The first-order chi connectivity index (χ1) is 7.24. The molecule has 2 heteroatoms. The summed E-state index contributed by atoms with van der Waals surface area (Å²) in [7, 11) is 2.03. The molecule has 0 aliphatic heterocycles. The molecule has 0 saturated carbocycles. The number of aryl methyl sites for hydroxylation is 3. The highest BCUT2D eigenvalue weighted by Gasteiger charge is 2.01. The second kappa shape index (κ2) is 7.02. The molecule has 86 valence electrons. The molecule has 15 heavy (non-hydrogen) atoms. The third-order valence-electron chi connectivity index (χ3n) is 2.77. The molecule has 0 bridgehead atoms. The van der Waals surface area contributed by atoms with Crippen LogP contribution in [0.4, 0.5) is 0 Å². The highest BCUT2D eigenvalue weighted by molar-refractivity contribution is 7.12. The van der Waals surface area contributed by atoms with Crippen molar-refractivity contribution in [2.75, 3.05) is 13.6 Å². The Balaban J connectivity index is 2.12. The molecule has 0 aromatic carbocycles. The van der Waals surface area contributed by atoms with Crippen LogP contribution in [0.15, 0.2) is 6.07 Å². The van der Waals surface area contributed by atoms with Gasteiger partial charge in [0.15, 0.2) is 0 Å². The van der Waals surface area contributed by atoms with Gasteiger partial charge in [0.1, 0.15) is 0 Å². The molecule has 0 amide bonds. The van der Waals surface area contributed by atoms with E-state index in [1.165, 1.54) is 41.9 Å². The van der Waals surface area contributed by atoms with Gasteiger partial charge in [-0.15, -0.1) is 11.3 Å². The number of hydrogen-bond donors (Lipinski definition) is 1. The Bertz CT molecular complexity index is 278. The van der Waals surface area contributed by atoms with E-state index >= 15 is 0 Å². The standard InChI is InChI=1S/C13H23NS/c1-11-10-13(12(2)15-11)8-6-4-5-7-9-14-3/h10,14H,4-9H2,1-3H3. The summed E-state index contributed by atoms with van der Waals surface area (Å²) >= 11 is 1.93. The van der Waals surface area contributed by atoms with Gasteiger partial charge < -0.3 is 5.32 Å². The Morgan fingerprint density at radius 1 is 1.13 bits per heavy atom. The van der Waals surface area contributed by atoms with Crippen molar-refractivity contribution in [3.8, 4) is 0 Å². The molecule has 0 unspecified atom stereocenters. The van der Waals surface area contributed by atoms with Gasteiger partial charge in [-0.3, -0.25) is 0 Å². The molecule has 1 aromatic rings. The van der Waals surface area contributed by atoms with Crippen molar-refractivity contribution in [1.82, 2.24) is 5.32 Å². The van der Waals surface area contributed by atoms with Crippen LogP contribution in [0, 0.1) is 13.8 Å². The topological polar surface area (TPSA) is 12.0 Å². The van der Waals surface area contributed by atoms with Crippen LogP contribution < -0.4 is 5.32 Å². The lowest BCUT2D eigenvalue weighted by molar-refractivity contribution is 0.616. The van der Waals surface area contributed by atoms with E-state index in [4.69, 9.17) is 0 Å². The predicted octanol–water partition coefficient (Wildman–Crippen LogP) is 3.69. The number of rotatable bonds is 7. The molecule has 0 aliphatic carbocycles. The average molecular weight is 225 g/mol. The first-order valence-electron chi connectivity index (χ1n) is 5.94. The lowest BCUT2D eigenvalue weighted by Crippen LogP contribution is -2.06. The first-order valence-corrected chi connectivity index (χ1v) is 6.76. The summed E-state index contributed by atoms with van der Waals surface area (Å²) < 4.78 is 0. The SMILES string of the molecule is CNCCCCCCc1cc(C)sc1C. The molecule has 0 atom stereocenters. The van der Waals surface area contributed by atoms with Gasteiger partial charge in [0.05, 0.1) is 0 Å². The van der Waals surface area contributed by atoms with Gasteiger partial charge in [-0.05, 0) is 58.3 Å². The maximum Gasteiger partial charge on any atom is 0.00490 e. The van der Waals surface area contributed by atoms with Gasteiger partial charge in [0.25, 0.3) is 0 Å². The predicted molar refractivity (Wildman–Crippen MR) is 69.9 cm³/mol. The molecule has 0 radical (unpaired) electrons. The summed E-state index contributed by atoms with van der Waals surface area (Å²) in [5.74, 6) is 0. The summed E-state index contributed by atoms with van der Waals surface area (Å²) in [5, 5.41) is 3.19. The van der Waals surface area contributed by atoms with Crippen LogP contribution in [0.3, 0.4) is 0 Å². The van der Waals surface area contributed by atoms with Crippen molar-refractivity contribution in [3.63, 3.8) is 0 Å². The van der Waals surface area contributed by atoms with Gasteiger partial charge in [0.2, 0.25) is 0 Å². The van der Waals surface area contributed by atoms with Gasteiger partial charge in [-0.25, -0.2) is 0 Å². The lowest BCUT2D eigenvalue weighted by Gasteiger charge is -2.01. The van der Waals surface area contributed by atoms with E-state index in [1.807, 2.05) is 18.4 Å². The van der Waals surface area contributed by atoms with Crippen LogP contribution in [-0.2, 0) is 6.42 Å². The Hall–Kier alpha value is -0.340. The second-order valence-electron chi connectivity index (χ2n) is 4.21. The first kappa shape index (κ1) is 12.7. The fraction of sp³-hybridized carbons (Fsp3) is 0.692. The third-order valence-corrected chi connectivity index (χ3v) is 3.77.